The Morgan fingerprint density at radius 1 is 1.29 bits per heavy atom. The smallest absolute Gasteiger partial charge is 0.138 e. The number of rotatable bonds is 4. The summed E-state index contributed by atoms with van der Waals surface area (Å²) in [7, 11) is 0. The van der Waals surface area contributed by atoms with Crippen LogP contribution in [0.5, 0.6) is 5.75 Å². The Kier molecular flexibility index (Phi) is 3.60. The summed E-state index contributed by atoms with van der Waals surface area (Å²) >= 11 is 0. The van der Waals surface area contributed by atoms with E-state index < -0.39 is 0 Å². The largest absolute Gasteiger partial charge is 0.487 e. The van der Waals surface area contributed by atoms with Crippen LogP contribution in [0.2, 0.25) is 0 Å². The Morgan fingerprint density at radius 2 is 2.14 bits per heavy atom. The van der Waals surface area contributed by atoms with E-state index in [0.29, 0.717) is 18.4 Å². The van der Waals surface area contributed by atoms with Crippen LogP contribution in [0, 0.1) is 5.82 Å². The van der Waals surface area contributed by atoms with Crippen molar-refractivity contribution >= 4 is 10.9 Å². The molecule has 3 nitrogen and oxygen atoms in total. The van der Waals surface area contributed by atoms with Crippen molar-refractivity contribution in [1.82, 2.24) is 9.55 Å². The SMILES string of the molecule is CC(C)n1cc(COc2cccnc2)c2cc(F)ccc21. The van der Waals surface area contributed by atoms with Crippen LogP contribution in [-0.4, -0.2) is 9.55 Å². The van der Waals surface area contributed by atoms with Gasteiger partial charge >= 0.3 is 0 Å². The molecule has 2 aromatic heterocycles. The molecule has 0 spiro atoms. The highest BCUT2D eigenvalue weighted by Gasteiger charge is 2.12. The summed E-state index contributed by atoms with van der Waals surface area (Å²) < 4.78 is 21.4. The quantitative estimate of drug-likeness (QED) is 0.712. The molecule has 0 bridgehead atoms. The number of fused-ring (bicyclic) bond motifs is 1. The van der Waals surface area contributed by atoms with Gasteiger partial charge in [0.15, 0.2) is 0 Å². The van der Waals surface area contributed by atoms with Crippen molar-refractivity contribution in [2.24, 2.45) is 0 Å². The van der Waals surface area contributed by atoms with E-state index in [9.17, 15) is 4.39 Å². The van der Waals surface area contributed by atoms with Gasteiger partial charge < -0.3 is 9.30 Å². The Balaban J connectivity index is 1.96. The maximum Gasteiger partial charge on any atom is 0.138 e. The molecule has 108 valence electrons. The topological polar surface area (TPSA) is 27.1 Å². The van der Waals surface area contributed by atoms with Crippen LogP contribution >= 0.6 is 0 Å². The highest BCUT2D eigenvalue weighted by molar-refractivity contribution is 5.84. The van der Waals surface area contributed by atoms with Crippen LogP contribution in [0.3, 0.4) is 0 Å². The fourth-order valence-corrected chi connectivity index (χ4v) is 2.43. The molecule has 0 saturated heterocycles. The lowest BCUT2D eigenvalue weighted by Gasteiger charge is -2.08. The lowest BCUT2D eigenvalue weighted by atomic mass is 10.2. The molecule has 0 aliphatic carbocycles. The van der Waals surface area contributed by atoms with Crippen molar-refractivity contribution in [3.05, 3.63) is 60.3 Å². The molecule has 0 fully saturated rings. The van der Waals surface area contributed by atoms with Crippen molar-refractivity contribution in [3.8, 4) is 5.75 Å². The summed E-state index contributed by atoms with van der Waals surface area (Å²) in [4.78, 5) is 4.02. The molecule has 0 aliphatic heterocycles. The fourth-order valence-electron chi connectivity index (χ4n) is 2.43. The molecule has 1 aromatic carbocycles. The molecule has 21 heavy (non-hydrogen) atoms. The highest BCUT2D eigenvalue weighted by Crippen LogP contribution is 2.26. The van der Waals surface area contributed by atoms with Gasteiger partial charge in [-0.05, 0) is 44.2 Å². The number of benzene rings is 1. The van der Waals surface area contributed by atoms with Crippen LogP contribution in [0.15, 0.2) is 48.9 Å². The number of hydrogen-bond donors (Lipinski definition) is 0. The van der Waals surface area contributed by atoms with Gasteiger partial charge in [0.05, 0.1) is 6.20 Å². The van der Waals surface area contributed by atoms with Gasteiger partial charge in [-0.2, -0.15) is 0 Å². The van der Waals surface area contributed by atoms with Crippen LogP contribution < -0.4 is 4.74 Å². The van der Waals surface area contributed by atoms with Gasteiger partial charge in [0.1, 0.15) is 18.2 Å². The Morgan fingerprint density at radius 3 is 2.86 bits per heavy atom. The van der Waals surface area contributed by atoms with E-state index in [1.54, 1.807) is 18.5 Å². The predicted octanol–water partition coefficient (Wildman–Crippen LogP) is 4.34. The molecule has 0 N–H and O–H groups in total. The molecule has 0 aliphatic rings. The van der Waals surface area contributed by atoms with Crippen LogP contribution in [0.25, 0.3) is 10.9 Å². The number of nitrogens with zero attached hydrogens (tertiary/aromatic N) is 2. The molecule has 3 rings (SSSR count). The van der Waals surface area contributed by atoms with Crippen LogP contribution in [-0.2, 0) is 6.61 Å². The van der Waals surface area contributed by atoms with Gasteiger partial charge in [-0.25, -0.2) is 4.39 Å². The lowest BCUT2D eigenvalue weighted by molar-refractivity contribution is 0.306. The zero-order valence-electron chi connectivity index (χ0n) is 12.1. The maximum atomic E-state index is 13.5. The lowest BCUT2D eigenvalue weighted by Crippen LogP contribution is -1.98. The van der Waals surface area contributed by atoms with E-state index >= 15 is 0 Å². The molecular weight excluding hydrogens is 267 g/mol. The van der Waals surface area contributed by atoms with Crippen LogP contribution in [0.4, 0.5) is 4.39 Å². The molecule has 0 saturated carbocycles. The van der Waals surface area contributed by atoms with Crippen molar-refractivity contribution in [1.29, 1.82) is 0 Å². The fraction of sp³-hybridized carbons (Fsp3) is 0.235. The standard InChI is InChI=1S/C17H17FN2O/c1-12(2)20-10-13(11-21-15-4-3-7-19-9-15)16-8-14(18)5-6-17(16)20/h3-10,12H,11H2,1-2H3. The highest BCUT2D eigenvalue weighted by atomic mass is 19.1. The maximum absolute atomic E-state index is 13.5. The first-order chi connectivity index (χ1) is 10.1. The summed E-state index contributed by atoms with van der Waals surface area (Å²) in [5.41, 5.74) is 2.00. The average Bonchev–Trinajstić information content (AvgIpc) is 2.84. The van der Waals surface area contributed by atoms with Gasteiger partial charge in [0.2, 0.25) is 0 Å². The Hall–Kier alpha value is -2.36. The van der Waals surface area contributed by atoms with Gasteiger partial charge in [-0.15, -0.1) is 0 Å². The molecule has 2 heterocycles. The Labute approximate surface area is 123 Å². The molecule has 0 unspecified atom stereocenters. The van der Waals surface area contributed by atoms with Crippen molar-refractivity contribution < 1.29 is 9.13 Å². The second kappa shape index (κ2) is 5.56. The molecule has 0 atom stereocenters. The van der Waals surface area contributed by atoms with E-state index in [4.69, 9.17) is 4.74 Å². The third kappa shape index (κ3) is 2.75. The summed E-state index contributed by atoms with van der Waals surface area (Å²) in [6.45, 7) is 4.61. The predicted molar refractivity (Wildman–Crippen MR) is 80.9 cm³/mol. The van der Waals surface area contributed by atoms with Gasteiger partial charge in [0, 0.05) is 34.9 Å². The average molecular weight is 284 g/mol. The summed E-state index contributed by atoms with van der Waals surface area (Å²) in [6.07, 6.45) is 5.40. The summed E-state index contributed by atoms with van der Waals surface area (Å²) in [6, 6.07) is 8.87. The van der Waals surface area contributed by atoms with Gasteiger partial charge in [-0.3, -0.25) is 4.98 Å². The third-order valence-electron chi connectivity index (χ3n) is 3.46. The van der Waals surface area contributed by atoms with E-state index in [2.05, 4.69) is 23.4 Å². The zero-order valence-corrected chi connectivity index (χ0v) is 12.1. The molecular formula is C17H17FN2O. The zero-order chi connectivity index (χ0) is 14.8. The monoisotopic (exact) mass is 284 g/mol. The number of pyridine rings is 1. The molecule has 3 aromatic rings. The summed E-state index contributed by atoms with van der Waals surface area (Å²) in [5, 5.41) is 0.896. The van der Waals surface area contributed by atoms with Crippen molar-refractivity contribution in [3.63, 3.8) is 0 Å². The number of halogens is 1. The first-order valence-corrected chi connectivity index (χ1v) is 6.97. The first-order valence-electron chi connectivity index (χ1n) is 6.97. The molecule has 4 heteroatoms. The van der Waals surface area contributed by atoms with E-state index in [0.717, 1.165) is 16.5 Å². The minimum absolute atomic E-state index is 0.230. The minimum atomic E-state index is -0.230. The normalized spacial score (nSPS) is 11.2. The minimum Gasteiger partial charge on any atom is -0.487 e. The Bertz CT molecular complexity index is 750. The number of ether oxygens (including phenoxy) is 1. The van der Waals surface area contributed by atoms with E-state index in [1.165, 1.54) is 6.07 Å². The van der Waals surface area contributed by atoms with Gasteiger partial charge in [0.25, 0.3) is 0 Å². The van der Waals surface area contributed by atoms with E-state index in [1.807, 2.05) is 24.4 Å². The molecule has 0 amide bonds. The van der Waals surface area contributed by atoms with Crippen molar-refractivity contribution in [2.75, 3.05) is 0 Å². The molecule has 0 radical (unpaired) electrons. The van der Waals surface area contributed by atoms with Gasteiger partial charge in [-0.1, -0.05) is 0 Å². The van der Waals surface area contributed by atoms with E-state index in [-0.39, 0.29) is 5.82 Å². The first kappa shape index (κ1) is 13.6. The second-order valence-electron chi connectivity index (χ2n) is 5.29. The third-order valence-corrected chi connectivity index (χ3v) is 3.46. The van der Waals surface area contributed by atoms with Crippen LogP contribution in [0.1, 0.15) is 25.5 Å². The summed E-state index contributed by atoms with van der Waals surface area (Å²) in [5.74, 6) is 0.478. The number of hydrogen-bond acceptors (Lipinski definition) is 2. The second-order valence-corrected chi connectivity index (χ2v) is 5.29. The number of aromatic nitrogens is 2. The van der Waals surface area contributed by atoms with Crippen molar-refractivity contribution in [2.45, 2.75) is 26.5 Å².